The van der Waals surface area contributed by atoms with Crippen LogP contribution >= 0.6 is 0 Å². The molecule has 0 aliphatic carbocycles. The molecule has 0 aromatic heterocycles. The standard InChI is InChI=1S/C15H21NO4/c1-16-9-4-5-11(8-10-16)20-14-12(15(17)18)6-3-7-13(14)19-2/h3,6-7,11H,4-5,8-10H2,1-2H3,(H,17,18). The van der Waals surface area contributed by atoms with Gasteiger partial charge in [-0.1, -0.05) is 6.07 Å². The normalized spacial score (nSPS) is 20.2. The van der Waals surface area contributed by atoms with Gasteiger partial charge in [0.15, 0.2) is 11.5 Å². The molecule has 20 heavy (non-hydrogen) atoms. The predicted molar refractivity (Wildman–Crippen MR) is 75.7 cm³/mol. The lowest BCUT2D eigenvalue weighted by atomic mass is 10.1. The Morgan fingerprint density at radius 1 is 1.35 bits per heavy atom. The zero-order valence-corrected chi connectivity index (χ0v) is 12.0. The fourth-order valence-electron chi connectivity index (χ4n) is 2.46. The number of para-hydroxylation sites is 1. The van der Waals surface area contributed by atoms with Gasteiger partial charge in [0.05, 0.1) is 7.11 Å². The third kappa shape index (κ3) is 3.42. The Hall–Kier alpha value is -1.75. The van der Waals surface area contributed by atoms with Crippen LogP contribution in [0, 0.1) is 0 Å². The van der Waals surface area contributed by atoms with Crippen molar-refractivity contribution in [1.29, 1.82) is 0 Å². The molecule has 2 rings (SSSR count). The molecule has 1 fully saturated rings. The topological polar surface area (TPSA) is 59.0 Å². The molecule has 1 N–H and O–H groups in total. The van der Waals surface area contributed by atoms with Crippen LogP contribution in [0.15, 0.2) is 18.2 Å². The van der Waals surface area contributed by atoms with Crippen LogP contribution in [0.25, 0.3) is 0 Å². The number of nitrogens with zero attached hydrogens (tertiary/aromatic N) is 1. The summed E-state index contributed by atoms with van der Waals surface area (Å²) in [6, 6.07) is 4.93. The second kappa shape index (κ2) is 6.61. The van der Waals surface area contributed by atoms with Gasteiger partial charge in [0.25, 0.3) is 0 Å². The summed E-state index contributed by atoms with van der Waals surface area (Å²) >= 11 is 0. The van der Waals surface area contributed by atoms with E-state index in [9.17, 15) is 9.90 Å². The van der Waals surface area contributed by atoms with Gasteiger partial charge in [-0.25, -0.2) is 4.79 Å². The molecular formula is C15H21NO4. The van der Waals surface area contributed by atoms with E-state index in [-0.39, 0.29) is 11.7 Å². The summed E-state index contributed by atoms with van der Waals surface area (Å²) in [6.45, 7) is 2.01. The Morgan fingerprint density at radius 2 is 2.15 bits per heavy atom. The fraction of sp³-hybridized carbons (Fsp3) is 0.533. The highest BCUT2D eigenvalue weighted by atomic mass is 16.5. The lowest BCUT2D eigenvalue weighted by Crippen LogP contribution is -2.22. The minimum Gasteiger partial charge on any atom is -0.493 e. The Balaban J connectivity index is 2.20. The van der Waals surface area contributed by atoms with E-state index in [0.29, 0.717) is 11.5 Å². The van der Waals surface area contributed by atoms with E-state index in [1.165, 1.54) is 7.11 Å². The van der Waals surface area contributed by atoms with Gasteiger partial charge in [0.1, 0.15) is 11.7 Å². The number of carboxylic acid groups (broad SMARTS) is 1. The van der Waals surface area contributed by atoms with Crippen molar-refractivity contribution in [2.45, 2.75) is 25.4 Å². The predicted octanol–water partition coefficient (Wildman–Crippen LogP) is 2.26. The van der Waals surface area contributed by atoms with Gasteiger partial charge in [0, 0.05) is 6.54 Å². The molecule has 0 saturated carbocycles. The maximum Gasteiger partial charge on any atom is 0.339 e. The summed E-state index contributed by atoms with van der Waals surface area (Å²) in [5, 5.41) is 9.27. The number of hydrogen-bond acceptors (Lipinski definition) is 4. The van der Waals surface area contributed by atoms with Crippen LogP contribution in [0.2, 0.25) is 0 Å². The SMILES string of the molecule is COc1cccc(C(=O)O)c1OC1CCCN(C)CC1. The second-order valence-corrected chi connectivity index (χ2v) is 5.12. The Labute approximate surface area is 119 Å². The number of aromatic carboxylic acids is 1. The molecule has 1 aromatic carbocycles. The number of rotatable bonds is 4. The summed E-state index contributed by atoms with van der Waals surface area (Å²) in [5.74, 6) is -0.177. The highest BCUT2D eigenvalue weighted by Crippen LogP contribution is 2.33. The van der Waals surface area contributed by atoms with E-state index in [0.717, 1.165) is 32.4 Å². The largest absolute Gasteiger partial charge is 0.493 e. The first-order valence-electron chi connectivity index (χ1n) is 6.87. The molecule has 0 radical (unpaired) electrons. The monoisotopic (exact) mass is 279 g/mol. The summed E-state index contributed by atoms with van der Waals surface area (Å²) in [7, 11) is 3.61. The molecule has 1 aliphatic heterocycles. The van der Waals surface area contributed by atoms with Crippen molar-refractivity contribution >= 4 is 5.97 Å². The first-order chi connectivity index (χ1) is 9.61. The highest BCUT2D eigenvalue weighted by Gasteiger charge is 2.22. The van der Waals surface area contributed by atoms with Crippen LogP contribution in [-0.2, 0) is 0 Å². The molecule has 0 amide bonds. The number of carbonyl (C=O) groups is 1. The molecule has 1 atom stereocenters. The second-order valence-electron chi connectivity index (χ2n) is 5.12. The van der Waals surface area contributed by atoms with E-state index in [1.807, 2.05) is 0 Å². The van der Waals surface area contributed by atoms with E-state index in [2.05, 4.69) is 11.9 Å². The van der Waals surface area contributed by atoms with Gasteiger partial charge in [-0.05, 0) is 45.0 Å². The lowest BCUT2D eigenvalue weighted by molar-refractivity contribution is 0.0686. The average Bonchev–Trinajstić information content (AvgIpc) is 2.63. The molecule has 5 heteroatoms. The summed E-state index contributed by atoms with van der Waals surface area (Å²) < 4.78 is 11.2. The summed E-state index contributed by atoms with van der Waals surface area (Å²) in [5.41, 5.74) is 0.155. The molecule has 1 heterocycles. The van der Waals surface area contributed by atoms with Crippen molar-refractivity contribution in [3.63, 3.8) is 0 Å². The zero-order chi connectivity index (χ0) is 14.5. The van der Waals surface area contributed by atoms with Gasteiger partial charge in [-0.2, -0.15) is 0 Å². The van der Waals surface area contributed by atoms with E-state index in [1.54, 1.807) is 18.2 Å². The Kier molecular flexibility index (Phi) is 4.84. The van der Waals surface area contributed by atoms with Crippen molar-refractivity contribution in [1.82, 2.24) is 4.90 Å². The highest BCUT2D eigenvalue weighted by molar-refractivity contribution is 5.92. The van der Waals surface area contributed by atoms with E-state index >= 15 is 0 Å². The first-order valence-corrected chi connectivity index (χ1v) is 6.87. The van der Waals surface area contributed by atoms with Gasteiger partial charge < -0.3 is 19.5 Å². The number of carboxylic acids is 1. The van der Waals surface area contributed by atoms with Gasteiger partial charge in [0.2, 0.25) is 0 Å². The summed E-state index contributed by atoms with van der Waals surface area (Å²) in [4.78, 5) is 13.6. The van der Waals surface area contributed by atoms with Crippen molar-refractivity contribution in [2.75, 3.05) is 27.2 Å². The fourth-order valence-corrected chi connectivity index (χ4v) is 2.46. The maximum atomic E-state index is 11.3. The van der Waals surface area contributed by atoms with Gasteiger partial charge in [-0.15, -0.1) is 0 Å². The summed E-state index contributed by atoms with van der Waals surface area (Å²) in [6.07, 6.45) is 2.92. The molecule has 1 aliphatic rings. The number of likely N-dealkylation sites (tertiary alicyclic amines) is 1. The van der Waals surface area contributed by atoms with E-state index < -0.39 is 5.97 Å². The maximum absolute atomic E-state index is 11.3. The number of ether oxygens (including phenoxy) is 2. The van der Waals surface area contributed by atoms with Crippen LogP contribution in [0.1, 0.15) is 29.6 Å². The van der Waals surface area contributed by atoms with Crippen molar-refractivity contribution in [2.24, 2.45) is 0 Å². The molecular weight excluding hydrogens is 258 g/mol. The van der Waals surface area contributed by atoms with Crippen LogP contribution in [-0.4, -0.2) is 49.3 Å². The zero-order valence-electron chi connectivity index (χ0n) is 12.0. The molecule has 110 valence electrons. The smallest absolute Gasteiger partial charge is 0.339 e. The van der Waals surface area contributed by atoms with Crippen LogP contribution in [0.5, 0.6) is 11.5 Å². The van der Waals surface area contributed by atoms with Crippen molar-refractivity contribution < 1.29 is 19.4 Å². The van der Waals surface area contributed by atoms with Crippen molar-refractivity contribution in [3.8, 4) is 11.5 Å². The molecule has 1 saturated heterocycles. The number of hydrogen-bond donors (Lipinski definition) is 1. The van der Waals surface area contributed by atoms with Gasteiger partial charge >= 0.3 is 5.97 Å². The number of benzene rings is 1. The average molecular weight is 279 g/mol. The molecule has 0 spiro atoms. The van der Waals surface area contributed by atoms with Crippen LogP contribution in [0.3, 0.4) is 0 Å². The molecule has 5 nitrogen and oxygen atoms in total. The third-order valence-corrected chi connectivity index (χ3v) is 3.61. The van der Waals surface area contributed by atoms with Gasteiger partial charge in [-0.3, -0.25) is 0 Å². The molecule has 1 unspecified atom stereocenters. The third-order valence-electron chi connectivity index (χ3n) is 3.61. The Bertz CT molecular complexity index is 475. The Morgan fingerprint density at radius 3 is 2.85 bits per heavy atom. The number of methoxy groups -OCH3 is 1. The van der Waals surface area contributed by atoms with E-state index in [4.69, 9.17) is 9.47 Å². The first kappa shape index (κ1) is 14.7. The minimum absolute atomic E-state index is 0.0364. The van der Waals surface area contributed by atoms with Crippen LogP contribution in [0.4, 0.5) is 0 Å². The molecule has 0 bridgehead atoms. The van der Waals surface area contributed by atoms with Crippen molar-refractivity contribution in [3.05, 3.63) is 23.8 Å². The molecule has 1 aromatic rings. The lowest BCUT2D eigenvalue weighted by Gasteiger charge is -2.20. The minimum atomic E-state index is -0.996. The quantitative estimate of drug-likeness (QED) is 0.916. The van der Waals surface area contributed by atoms with Crippen LogP contribution < -0.4 is 9.47 Å².